The molecule has 0 aromatic rings. The number of rotatable bonds is 0. The van der Waals surface area contributed by atoms with Crippen LogP contribution in [0.3, 0.4) is 0 Å². The highest BCUT2D eigenvalue weighted by Crippen LogP contribution is 2.21. The highest BCUT2D eigenvalue weighted by atomic mass is 19.4. The van der Waals surface area contributed by atoms with Crippen LogP contribution in [0.5, 0.6) is 0 Å². The number of hydrogen-bond donors (Lipinski definition) is 1. The van der Waals surface area contributed by atoms with E-state index in [2.05, 4.69) is 5.32 Å². The second-order valence-electron chi connectivity index (χ2n) is 1.87. The first-order chi connectivity index (χ1) is 4.50. The average molecular weight is 153 g/mol. The van der Waals surface area contributed by atoms with E-state index in [0.717, 1.165) is 0 Å². The molecule has 1 rings (SSSR count). The molecule has 3 nitrogen and oxygen atoms in total. The Balaban J connectivity index is 2.53. The van der Waals surface area contributed by atoms with Gasteiger partial charge in [-0.05, 0) is 0 Å². The third-order valence-electron chi connectivity index (χ3n) is 1.10. The number of carbonyl (C=O) groups is 1. The van der Waals surface area contributed by atoms with Gasteiger partial charge in [-0.1, -0.05) is 0 Å². The van der Waals surface area contributed by atoms with Crippen molar-refractivity contribution in [2.24, 2.45) is 0 Å². The lowest BCUT2D eigenvalue weighted by atomic mass is 10.3. The van der Waals surface area contributed by atoms with Crippen molar-refractivity contribution < 1.29 is 18.0 Å². The maximum Gasteiger partial charge on any atom is 0.412 e. The van der Waals surface area contributed by atoms with E-state index < -0.39 is 24.8 Å². The minimum Gasteiger partial charge on any atom is -0.334 e. The molecule has 0 saturated carbocycles. The molecule has 2 amide bonds. The Morgan fingerprint density at radius 1 is 1.60 bits per heavy atom. The van der Waals surface area contributed by atoms with Crippen LogP contribution in [0.15, 0.2) is 0 Å². The van der Waals surface area contributed by atoms with E-state index in [0.29, 0.717) is 0 Å². The Kier molecular flexibility index (Phi) is 1.46. The molecule has 1 radical (unpaired) electrons. The molecule has 0 aromatic carbocycles. The minimum absolute atomic E-state index is 0.428. The van der Waals surface area contributed by atoms with E-state index in [4.69, 9.17) is 0 Å². The molecule has 1 saturated heterocycles. The first kappa shape index (κ1) is 7.17. The average Bonchev–Trinajstić information content (AvgIpc) is 2.11. The maximum absolute atomic E-state index is 11.6. The summed E-state index contributed by atoms with van der Waals surface area (Å²) in [6.07, 6.45) is -4.39. The van der Waals surface area contributed by atoms with E-state index in [1.165, 1.54) is 0 Å². The van der Waals surface area contributed by atoms with Crippen LogP contribution < -0.4 is 10.6 Å². The highest BCUT2D eigenvalue weighted by molar-refractivity contribution is 5.76. The summed E-state index contributed by atoms with van der Waals surface area (Å²) >= 11 is 0. The topological polar surface area (TPSA) is 43.2 Å². The van der Waals surface area contributed by atoms with E-state index >= 15 is 0 Å². The Morgan fingerprint density at radius 2 is 2.20 bits per heavy atom. The van der Waals surface area contributed by atoms with E-state index in [-0.39, 0.29) is 0 Å². The van der Waals surface area contributed by atoms with Crippen LogP contribution in [0.2, 0.25) is 0 Å². The monoisotopic (exact) mass is 153 g/mol. The molecule has 1 fully saturated rings. The fourth-order valence-corrected chi connectivity index (χ4v) is 0.606. The molecule has 0 aromatic heterocycles. The van der Waals surface area contributed by atoms with Crippen molar-refractivity contribution in [3.63, 3.8) is 0 Å². The Morgan fingerprint density at radius 3 is 2.40 bits per heavy atom. The Hall–Kier alpha value is -0.940. The van der Waals surface area contributed by atoms with Gasteiger partial charge in [0.05, 0.1) is 6.54 Å². The smallest absolute Gasteiger partial charge is 0.334 e. The third-order valence-corrected chi connectivity index (χ3v) is 1.10. The molecule has 1 atom stereocenters. The maximum atomic E-state index is 11.6. The quantitative estimate of drug-likeness (QED) is 0.532. The van der Waals surface area contributed by atoms with Gasteiger partial charge in [-0.2, -0.15) is 13.2 Å². The van der Waals surface area contributed by atoms with Crippen LogP contribution in [0.25, 0.3) is 0 Å². The van der Waals surface area contributed by atoms with Gasteiger partial charge < -0.3 is 5.32 Å². The van der Waals surface area contributed by atoms with Crippen molar-refractivity contribution in [3.8, 4) is 0 Å². The lowest BCUT2D eigenvalue weighted by Crippen LogP contribution is -2.36. The van der Waals surface area contributed by atoms with Crippen LogP contribution in [0, 0.1) is 0 Å². The van der Waals surface area contributed by atoms with Crippen molar-refractivity contribution in [3.05, 3.63) is 0 Å². The van der Waals surface area contributed by atoms with Gasteiger partial charge in [-0.15, -0.1) is 0 Å². The van der Waals surface area contributed by atoms with E-state index in [9.17, 15) is 18.0 Å². The van der Waals surface area contributed by atoms with Gasteiger partial charge in [0.15, 0.2) is 6.04 Å². The van der Waals surface area contributed by atoms with Gasteiger partial charge in [-0.25, -0.2) is 10.1 Å². The third kappa shape index (κ3) is 1.31. The predicted octanol–water partition coefficient (Wildman–Crippen LogP) is 0.245. The van der Waals surface area contributed by atoms with Gasteiger partial charge >= 0.3 is 12.2 Å². The van der Waals surface area contributed by atoms with Crippen LogP contribution in [-0.4, -0.2) is 24.8 Å². The van der Waals surface area contributed by atoms with E-state index in [1.807, 2.05) is 5.32 Å². The summed E-state index contributed by atoms with van der Waals surface area (Å²) in [5, 5.41) is 4.74. The standard InChI is InChI=1S/C4H4F3N2O/c5-4(6,7)2-1-8-3(10)9-2/h2H,1H2,(H,8,10). The molecule has 10 heavy (non-hydrogen) atoms. The van der Waals surface area contributed by atoms with Crippen molar-refractivity contribution >= 4 is 6.03 Å². The fourth-order valence-electron chi connectivity index (χ4n) is 0.606. The van der Waals surface area contributed by atoms with Crippen LogP contribution >= 0.6 is 0 Å². The van der Waals surface area contributed by atoms with Crippen molar-refractivity contribution in [2.75, 3.05) is 6.54 Å². The molecule has 1 heterocycles. The number of hydrogen-bond acceptors (Lipinski definition) is 1. The summed E-state index contributed by atoms with van der Waals surface area (Å²) in [6.45, 7) is -0.428. The molecule has 57 valence electrons. The summed E-state index contributed by atoms with van der Waals surface area (Å²) in [4.78, 5) is 10.1. The minimum atomic E-state index is -4.39. The molecular weight excluding hydrogens is 149 g/mol. The lowest BCUT2D eigenvalue weighted by molar-refractivity contribution is -0.148. The zero-order valence-electron chi connectivity index (χ0n) is 4.77. The number of carbonyl (C=O) groups excluding carboxylic acids is 1. The Bertz CT molecular complexity index is 155. The second-order valence-corrected chi connectivity index (χ2v) is 1.87. The number of nitrogens with zero attached hydrogens (tertiary/aromatic N) is 1. The zero-order valence-corrected chi connectivity index (χ0v) is 4.77. The van der Waals surface area contributed by atoms with Crippen molar-refractivity contribution in [2.45, 2.75) is 12.2 Å². The SMILES string of the molecule is O=C1[N]C(C(F)(F)F)CN1. The summed E-state index contributed by atoms with van der Waals surface area (Å²) in [6, 6.07) is -2.73. The van der Waals surface area contributed by atoms with Crippen LogP contribution in [0.1, 0.15) is 0 Å². The number of alkyl halides is 3. The summed E-state index contributed by atoms with van der Waals surface area (Å²) in [7, 11) is 0. The zero-order chi connectivity index (χ0) is 7.78. The summed E-state index contributed by atoms with van der Waals surface area (Å²) in [5.74, 6) is 0. The molecule has 1 N–H and O–H groups in total. The van der Waals surface area contributed by atoms with Crippen molar-refractivity contribution in [1.82, 2.24) is 10.6 Å². The number of halogens is 3. The molecular formula is C4H4F3N2O. The molecule has 6 heteroatoms. The van der Waals surface area contributed by atoms with E-state index in [1.54, 1.807) is 0 Å². The fraction of sp³-hybridized carbons (Fsp3) is 0.750. The summed E-state index contributed by atoms with van der Waals surface area (Å²) < 4.78 is 34.9. The molecule has 1 aliphatic heterocycles. The highest BCUT2D eigenvalue weighted by Gasteiger charge is 2.45. The number of amides is 2. The number of nitrogens with one attached hydrogen (secondary N) is 1. The van der Waals surface area contributed by atoms with Gasteiger partial charge in [0.2, 0.25) is 0 Å². The normalized spacial score (nSPS) is 25.9. The van der Waals surface area contributed by atoms with Gasteiger partial charge in [0, 0.05) is 0 Å². The molecule has 0 spiro atoms. The second kappa shape index (κ2) is 2.03. The molecule has 1 aliphatic rings. The van der Waals surface area contributed by atoms with Gasteiger partial charge in [-0.3, -0.25) is 0 Å². The first-order valence-corrected chi connectivity index (χ1v) is 2.55. The largest absolute Gasteiger partial charge is 0.412 e. The number of urea groups is 1. The molecule has 1 unspecified atom stereocenters. The van der Waals surface area contributed by atoms with Crippen LogP contribution in [-0.2, 0) is 0 Å². The molecule has 0 bridgehead atoms. The Labute approximate surface area is 54.6 Å². The lowest BCUT2D eigenvalue weighted by Gasteiger charge is -2.09. The first-order valence-electron chi connectivity index (χ1n) is 2.55. The van der Waals surface area contributed by atoms with Crippen LogP contribution in [0.4, 0.5) is 18.0 Å². The summed E-state index contributed by atoms with van der Waals surface area (Å²) in [5.41, 5.74) is 0. The predicted molar refractivity (Wildman–Crippen MR) is 25.4 cm³/mol. The van der Waals surface area contributed by atoms with Gasteiger partial charge in [0.1, 0.15) is 0 Å². The van der Waals surface area contributed by atoms with Crippen molar-refractivity contribution in [1.29, 1.82) is 0 Å². The molecule has 0 aliphatic carbocycles. The van der Waals surface area contributed by atoms with Gasteiger partial charge in [0.25, 0.3) is 0 Å².